The van der Waals surface area contributed by atoms with E-state index < -0.39 is 0 Å². The maximum Gasteiger partial charge on any atom is 0.0515 e. The van der Waals surface area contributed by atoms with Gasteiger partial charge in [-0.15, -0.1) is 0 Å². The Morgan fingerprint density at radius 1 is 0.842 bits per heavy atom. The van der Waals surface area contributed by atoms with Crippen LogP contribution < -0.4 is 0 Å². The lowest BCUT2D eigenvalue weighted by Crippen LogP contribution is -1.97. The van der Waals surface area contributed by atoms with Crippen molar-refractivity contribution in [1.29, 1.82) is 0 Å². The fourth-order valence-electron chi connectivity index (χ4n) is 1.91. The van der Waals surface area contributed by atoms with Gasteiger partial charge >= 0.3 is 0 Å². The Hall–Kier alpha value is -0.820. The van der Waals surface area contributed by atoms with Gasteiger partial charge in [0.1, 0.15) is 0 Å². The average molecular weight is 264 g/mol. The molecule has 1 heteroatoms. The fourth-order valence-corrected chi connectivity index (χ4v) is 1.91. The van der Waals surface area contributed by atoms with Crippen LogP contribution in [0, 0.1) is 0 Å². The molecule has 0 amide bonds. The van der Waals surface area contributed by atoms with Crippen LogP contribution in [-0.2, 0) is 0 Å². The first kappa shape index (κ1) is 18.2. The zero-order valence-electron chi connectivity index (χ0n) is 13.5. The lowest BCUT2D eigenvalue weighted by Gasteiger charge is -2.03. The van der Waals surface area contributed by atoms with Crippen LogP contribution in [0.2, 0.25) is 0 Å². The molecule has 1 atom stereocenters. The van der Waals surface area contributed by atoms with Crippen molar-refractivity contribution in [3.05, 3.63) is 34.9 Å². The lowest BCUT2D eigenvalue weighted by molar-refractivity contribution is 0.186. The van der Waals surface area contributed by atoms with Crippen molar-refractivity contribution >= 4 is 0 Å². The molecule has 0 radical (unpaired) electrons. The van der Waals surface area contributed by atoms with Gasteiger partial charge in [-0.1, -0.05) is 34.9 Å². The molecule has 0 aromatic rings. The first-order valence-corrected chi connectivity index (χ1v) is 7.54. The second-order valence-electron chi connectivity index (χ2n) is 5.89. The van der Waals surface area contributed by atoms with Gasteiger partial charge in [-0.3, -0.25) is 0 Å². The summed E-state index contributed by atoms with van der Waals surface area (Å²) in [4.78, 5) is 0. The lowest BCUT2D eigenvalue weighted by atomic mass is 10.1. The molecule has 1 nitrogen and oxygen atoms in total. The second-order valence-corrected chi connectivity index (χ2v) is 5.89. The molecule has 19 heavy (non-hydrogen) atoms. The Bertz CT molecular complexity index is 315. The molecule has 0 fully saturated rings. The van der Waals surface area contributed by atoms with Crippen molar-refractivity contribution in [2.24, 2.45) is 0 Å². The van der Waals surface area contributed by atoms with Crippen molar-refractivity contribution < 1.29 is 5.11 Å². The average Bonchev–Trinajstić information content (AvgIpc) is 2.27. The van der Waals surface area contributed by atoms with Gasteiger partial charge in [0.2, 0.25) is 0 Å². The van der Waals surface area contributed by atoms with E-state index in [0.29, 0.717) is 0 Å². The minimum atomic E-state index is -0.179. The van der Waals surface area contributed by atoms with E-state index >= 15 is 0 Å². The van der Waals surface area contributed by atoms with E-state index in [0.717, 1.165) is 32.1 Å². The highest BCUT2D eigenvalue weighted by molar-refractivity contribution is 5.05. The topological polar surface area (TPSA) is 20.2 Å². The van der Waals surface area contributed by atoms with Gasteiger partial charge in [0.25, 0.3) is 0 Å². The smallest absolute Gasteiger partial charge is 0.0515 e. The summed E-state index contributed by atoms with van der Waals surface area (Å²) in [6.07, 6.45) is 13.2. The third-order valence-electron chi connectivity index (χ3n) is 3.20. The fraction of sp³-hybridized carbons (Fsp3) is 0.667. The summed E-state index contributed by atoms with van der Waals surface area (Å²) in [5.74, 6) is 0. The number of allylic oxidation sites excluding steroid dienone is 6. The Balaban J connectivity index is 3.83. The van der Waals surface area contributed by atoms with E-state index in [2.05, 4.69) is 45.9 Å². The molecule has 110 valence electrons. The first-order chi connectivity index (χ1) is 8.91. The van der Waals surface area contributed by atoms with Crippen LogP contribution in [0.15, 0.2) is 34.9 Å². The van der Waals surface area contributed by atoms with Crippen LogP contribution in [-0.4, -0.2) is 11.2 Å². The molecule has 0 saturated carbocycles. The Morgan fingerprint density at radius 2 is 1.32 bits per heavy atom. The molecule has 0 aliphatic rings. The van der Waals surface area contributed by atoms with Crippen LogP contribution in [0.1, 0.15) is 73.1 Å². The van der Waals surface area contributed by atoms with Gasteiger partial charge in [0.05, 0.1) is 6.10 Å². The highest BCUT2D eigenvalue weighted by atomic mass is 16.3. The van der Waals surface area contributed by atoms with E-state index in [1.807, 2.05) is 6.92 Å². The predicted octanol–water partition coefficient (Wildman–Crippen LogP) is 5.57. The molecule has 0 aromatic heterocycles. The van der Waals surface area contributed by atoms with Crippen molar-refractivity contribution in [2.45, 2.75) is 79.2 Å². The normalized spacial score (nSPS) is 14.4. The monoisotopic (exact) mass is 264 g/mol. The van der Waals surface area contributed by atoms with Crippen molar-refractivity contribution in [2.75, 3.05) is 0 Å². The summed E-state index contributed by atoms with van der Waals surface area (Å²) >= 11 is 0. The van der Waals surface area contributed by atoms with Gasteiger partial charge in [0, 0.05) is 0 Å². The Kier molecular flexibility index (Phi) is 10.6. The Labute approximate surface area is 120 Å². The molecule has 0 rings (SSSR count). The molecule has 0 spiro atoms. The minimum Gasteiger partial charge on any atom is -0.393 e. The second kappa shape index (κ2) is 11.0. The summed E-state index contributed by atoms with van der Waals surface area (Å²) in [5.41, 5.74) is 4.34. The van der Waals surface area contributed by atoms with Gasteiger partial charge < -0.3 is 5.11 Å². The van der Waals surface area contributed by atoms with Crippen molar-refractivity contribution in [3.8, 4) is 0 Å². The number of hydrogen-bond donors (Lipinski definition) is 1. The molecule has 0 heterocycles. The number of rotatable bonds is 9. The molecule has 1 N–H and O–H groups in total. The number of hydrogen-bond acceptors (Lipinski definition) is 1. The number of aliphatic hydroxyl groups excluding tert-OH is 1. The highest BCUT2D eigenvalue weighted by Crippen LogP contribution is 2.12. The largest absolute Gasteiger partial charge is 0.393 e. The van der Waals surface area contributed by atoms with E-state index in [-0.39, 0.29) is 6.10 Å². The van der Waals surface area contributed by atoms with Crippen LogP contribution in [0.5, 0.6) is 0 Å². The van der Waals surface area contributed by atoms with Crippen LogP contribution in [0.25, 0.3) is 0 Å². The van der Waals surface area contributed by atoms with Crippen molar-refractivity contribution in [3.63, 3.8) is 0 Å². The van der Waals surface area contributed by atoms with Gasteiger partial charge in [-0.25, -0.2) is 0 Å². The molecular weight excluding hydrogens is 232 g/mol. The zero-order valence-corrected chi connectivity index (χ0v) is 13.5. The summed E-state index contributed by atoms with van der Waals surface area (Å²) < 4.78 is 0. The quantitative estimate of drug-likeness (QED) is 0.540. The molecule has 0 saturated heterocycles. The van der Waals surface area contributed by atoms with E-state index in [9.17, 15) is 5.11 Å². The third kappa shape index (κ3) is 13.4. The van der Waals surface area contributed by atoms with Crippen LogP contribution >= 0.6 is 0 Å². The molecule has 0 aromatic carbocycles. The summed E-state index contributed by atoms with van der Waals surface area (Å²) in [6.45, 7) is 10.6. The molecule has 1 unspecified atom stereocenters. The Morgan fingerprint density at radius 3 is 1.79 bits per heavy atom. The molecule has 0 aliphatic heterocycles. The standard InChI is InChI=1S/C18H32O/c1-15(2)9-6-10-16(3)11-7-12-17(4)13-8-14-18(5)19/h9,11,13,18-19H,6-8,10,12,14H2,1-5H3/b16-11-,17-13+. The minimum absolute atomic E-state index is 0.179. The van der Waals surface area contributed by atoms with E-state index in [4.69, 9.17) is 0 Å². The summed E-state index contributed by atoms with van der Waals surface area (Å²) in [6, 6.07) is 0. The van der Waals surface area contributed by atoms with Gasteiger partial charge in [-0.05, 0) is 73.1 Å². The predicted molar refractivity (Wildman–Crippen MR) is 86.3 cm³/mol. The van der Waals surface area contributed by atoms with Crippen LogP contribution in [0.3, 0.4) is 0 Å². The van der Waals surface area contributed by atoms with Crippen LogP contribution in [0.4, 0.5) is 0 Å². The maximum absolute atomic E-state index is 9.19. The zero-order chi connectivity index (χ0) is 14.7. The molecule has 0 aliphatic carbocycles. The number of aliphatic hydroxyl groups is 1. The molecule has 0 bridgehead atoms. The van der Waals surface area contributed by atoms with E-state index in [1.54, 1.807) is 0 Å². The summed E-state index contributed by atoms with van der Waals surface area (Å²) in [5, 5.41) is 9.19. The SMILES string of the molecule is CC(C)=CCC/C(C)=C\CC/C(C)=C/CCC(C)O. The molecular formula is C18H32O. The third-order valence-corrected chi connectivity index (χ3v) is 3.20. The maximum atomic E-state index is 9.19. The van der Waals surface area contributed by atoms with Gasteiger partial charge in [0.15, 0.2) is 0 Å². The highest BCUT2D eigenvalue weighted by Gasteiger charge is 1.94. The summed E-state index contributed by atoms with van der Waals surface area (Å²) in [7, 11) is 0. The van der Waals surface area contributed by atoms with Crippen molar-refractivity contribution in [1.82, 2.24) is 0 Å². The van der Waals surface area contributed by atoms with E-state index in [1.165, 1.54) is 23.1 Å². The first-order valence-electron chi connectivity index (χ1n) is 7.54. The van der Waals surface area contributed by atoms with Gasteiger partial charge in [-0.2, -0.15) is 0 Å².